The highest BCUT2D eigenvalue weighted by Crippen LogP contribution is 2.33. The van der Waals surface area contributed by atoms with E-state index in [1.807, 2.05) is 0 Å². The van der Waals surface area contributed by atoms with Crippen LogP contribution < -0.4 is 20.4 Å². The summed E-state index contributed by atoms with van der Waals surface area (Å²) in [5.74, 6) is -4.89. The van der Waals surface area contributed by atoms with Crippen LogP contribution in [0.2, 0.25) is 0 Å². The lowest BCUT2D eigenvalue weighted by Gasteiger charge is -2.17. The third-order valence-electron chi connectivity index (χ3n) is 7.78. The molecule has 13 nitrogen and oxygen atoms in total. The van der Waals surface area contributed by atoms with Gasteiger partial charge in [-0.25, -0.2) is 14.8 Å². The van der Waals surface area contributed by atoms with Crippen molar-refractivity contribution in [1.29, 1.82) is 0 Å². The number of nitrogens with one attached hydrogen (secondary N) is 2. The van der Waals surface area contributed by atoms with Crippen LogP contribution in [-0.2, 0) is 0 Å². The molecule has 6 amide bonds. The number of nitrogens with zero attached hydrogens (tertiary/aromatic N) is 3. The molecule has 0 saturated heterocycles. The minimum absolute atomic E-state index is 0.0154. The fourth-order valence-electron chi connectivity index (χ4n) is 5.39. The number of aromatic nitrogens is 1. The number of rotatable bonds is 6. The summed E-state index contributed by atoms with van der Waals surface area (Å²) in [7, 11) is 0. The lowest BCUT2D eigenvalue weighted by Crippen LogP contribution is -2.33. The lowest BCUT2D eigenvalue weighted by molar-refractivity contribution is 0.0912. The van der Waals surface area contributed by atoms with Crippen molar-refractivity contribution >= 4 is 58.5 Å². The number of para-hydroxylation sites is 4. The van der Waals surface area contributed by atoms with Crippen molar-refractivity contribution in [2.24, 2.45) is 0 Å². The van der Waals surface area contributed by atoms with Gasteiger partial charge >= 0.3 is 0 Å². The van der Waals surface area contributed by atoms with Gasteiger partial charge in [-0.05, 0) is 72.8 Å². The summed E-state index contributed by atoms with van der Waals surface area (Å²) in [6.07, 6.45) is 0. The smallest absolute Gasteiger partial charge is 0.267 e. The van der Waals surface area contributed by atoms with Crippen LogP contribution in [-0.4, -0.2) is 50.6 Å². The molecule has 7 rings (SSSR count). The van der Waals surface area contributed by atoms with Gasteiger partial charge in [-0.3, -0.25) is 28.8 Å². The number of benzene rings is 4. The Morgan fingerprint density at radius 3 is 1.31 bits per heavy atom. The van der Waals surface area contributed by atoms with E-state index in [-0.39, 0.29) is 67.9 Å². The molecule has 2 aliphatic heterocycles. The molecular formula is C35H21N5O8. The minimum atomic E-state index is -0.778. The van der Waals surface area contributed by atoms with E-state index in [1.165, 1.54) is 78.9 Å². The molecule has 3 heterocycles. The molecule has 4 N–H and O–H groups in total. The summed E-state index contributed by atoms with van der Waals surface area (Å²) in [6.45, 7) is 0. The fraction of sp³-hybridized carbons (Fsp3) is 0. The van der Waals surface area contributed by atoms with Gasteiger partial charge in [0.15, 0.2) is 0 Å². The van der Waals surface area contributed by atoms with Crippen LogP contribution in [0.15, 0.2) is 103 Å². The van der Waals surface area contributed by atoms with E-state index < -0.39 is 35.4 Å². The second-order valence-corrected chi connectivity index (χ2v) is 10.7. The van der Waals surface area contributed by atoms with Crippen LogP contribution in [0.4, 0.5) is 23.0 Å². The van der Waals surface area contributed by atoms with Gasteiger partial charge in [0.1, 0.15) is 23.1 Å². The first-order valence-electron chi connectivity index (χ1n) is 14.3. The Morgan fingerprint density at radius 2 is 0.896 bits per heavy atom. The Balaban J connectivity index is 1.13. The molecule has 48 heavy (non-hydrogen) atoms. The Hall–Kier alpha value is -7.15. The largest absolute Gasteiger partial charge is 0.506 e. The van der Waals surface area contributed by atoms with Crippen molar-refractivity contribution < 1.29 is 39.0 Å². The van der Waals surface area contributed by atoms with Crippen LogP contribution in [0.25, 0.3) is 0 Å². The van der Waals surface area contributed by atoms with Crippen molar-refractivity contribution in [3.05, 3.63) is 137 Å². The third kappa shape index (κ3) is 4.87. The lowest BCUT2D eigenvalue weighted by atomic mass is 10.1. The van der Waals surface area contributed by atoms with Crippen LogP contribution in [0, 0.1) is 0 Å². The third-order valence-corrected chi connectivity index (χ3v) is 7.78. The number of hydrogen-bond acceptors (Lipinski definition) is 9. The van der Waals surface area contributed by atoms with Gasteiger partial charge in [0.05, 0.1) is 33.6 Å². The van der Waals surface area contributed by atoms with Crippen LogP contribution in [0.3, 0.4) is 0 Å². The summed E-state index contributed by atoms with van der Waals surface area (Å²) in [6, 6.07) is 24.3. The van der Waals surface area contributed by atoms with Gasteiger partial charge in [0.2, 0.25) is 0 Å². The molecule has 0 atom stereocenters. The second kappa shape index (κ2) is 11.3. The standard InChI is InChI=1S/C35H21N5O8/c41-26-8-3-1-6-24(26)36-30(43)18-12-14-20-22(16-18)34(47)39(32(20)45)28-10-5-11-29(38-28)40-33(46)21-15-13-19(17-23(21)35(40)48)31(44)37-25-7-2-4-9-27(25)42/h1-17,41-42H,(H,36,43)(H,37,44). The van der Waals surface area contributed by atoms with E-state index in [2.05, 4.69) is 15.6 Å². The van der Waals surface area contributed by atoms with E-state index in [4.69, 9.17) is 0 Å². The molecular weight excluding hydrogens is 618 g/mol. The van der Waals surface area contributed by atoms with E-state index in [0.717, 1.165) is 9.80 Å². The van der Waals surface area contributed by atoms with Crippen molar-refractivity contribution in [1.82, 2.24) is 4.98 Å². The number of imide groups is 2. The van der Waals surface area contributed by atoms with Gasteiger partial charge in [0.25, 0.3) is 35.4 Å². The van der Waals surface area contributed by atoms with Gasteiger partial charge < -0.3 is 20.8 Å². The molecule has 0 fully saturated rings. The molecule has 5 aromatic rings. The maximum absolute atomic E-state index is 13.5. The van der Waals surface area contributed by atoms with E-state index in [0.29, 0.717) is 0 Å². The monoisotopic (exact) mass is 639 g/mol. The SMILES string of the molecule is O=C(Nc1ccccc1O)c1ccc2c(c1)C(=O)N(c1cccc(N3C(=O)c4ccc(C(=O)Nc5ccccc5O)cc4C3=O)n1)C2=O. The van der Waals surface area contributed by atoms with Crippen LogP contribution >= 0.6 is 0 Å². The Kier molecular flexibility index (Phi) is 6.98. The molecule has 0 radical (unpaired) electrons. The van der Waals surface area contributed by atoms with Gasteiger partial charge in [-0.15, -0.1) is 0 Å². The zero-order chi connectivity index (χ0) is 33.7. The summed E-state index contributed by atoms with van der Waals surface area (Å²) >= 11 is 0. The maximum Gasteiger partial charge on any atom is 0.267 e. The number of phenolic OH excluding ortho intramolecular Hbond substituents is 2. The first-order valence-corrected chi connectivity index (χ1v) is 14.3. The quantitative estimate of drug-likeness (QED) is 0.152. The van der Waals surface area contributed by atoms with Gasteiger partial charge in [-0.1, -0.05) is 30.3 Å². The summed E-state index contributed by atoms with van der Waals surface area (Å²) in [5, 5.41) is 25.1. The number of hydrogen-bond donors (Lipinski definition) is 4. The van der Waals surface area contributed by atoms with Crippen molar-refractivity contribution in [3.63, 3.8) is 0 Å². The molecule has 0 spiro atoms. The topological polar surface area (TPSA) is 186 Å². The number of amides is 6. The predicted octanol–water partition coefficient (Wildman–Crippen LogP) is 4.60. The van der Waals surface area contributed by atoms with Crippen LogP contribution in [0.1, 0.15) is 62.1 Å². The van der Waals surface area contributed by atoms with E-state index in [9.17, 15) is 39.0 Å². The average Bonchev–Trinajstić information content (AvgIpc) is 3.49. The number of carbonyl (C=O) groups is 6. The summed E-state index contributed by atoms with van der Waals surface area (Å²) in [4.78, 5) is 85.2. The van der Waals surface area contributed by atoms with Crippen LogP contribution in [0.5, 0.6) is 11.5 Å². The summed E-state index contributed by atoms with van der Waals surface area (Å²) in [5.41, 5.74) is 0.340. The Morgan fingerprint density at radius 1 is 0.500 bits per heavy atom. The van der Waals surface area contributed by atoms with Crippen molar-refractivity contribution in [3.8, 4) is 11.5 Å². The number of anilines is 4. The number of carbonyl (C=O) groups excluding carboxylic acids is 6. The van der Waals surface area contributed by atoms with E-state index in [1.54, 1.807) is 24.3 Å². The molecule has 0 aliphatic carbocycles. The molecule has 2 aliphatic rings. The average molecular weight is 640 g/mol. The molecule has 0 saturated carbocycles. The van der Waals surface area contributed by atoms with Gasteiger partial charge in [0, 0.05) is 11.1 Å². The number of phenols is 2. The minimum Gasteiger partial charge on any atom is -0.506 e. The predicted molar refractivity (Wildman–Crippen MR) is 172 cm³/mol. The molecule has 13 heteroatoms. The molecule has 1 aromatic heterocycles. The van der Waals surface area contributed by atoms with Crippen molar-refractivity contribution in [2.75, 3.05) is 20.4 Å². The first kappa shape index (κ1) is 29.6. The molecule has 4 aromatic carbocycles. The highest BCUT2D eigenvalue weighted by atomic mass is 16.3. The van der Waals surface area contributed by atoms with Crippen molar-refractivity contribution in [2.45, 2.75) is 0 Å². The molecule has 0 bridgehead atoms. The molecule has 234 valence electrons. The normalized spacial score (nSPS) is 13.4. The fourth-order valence-corrected chi connectivity index (χ4v) is 5.39. The van der Waals surface area contributed by atoms with Gasteiger partial charge in [-0.2, -0.15) is 0 Å². The maximum atomic E-state index is 13.5. The zero-order valence-corrected chi connectivity index (χ0v) is 24.5. The summed E-state index contributed by atoms with van der Waals surface area (Å²) < 4.78 is 0. The molecule has 0 unspecified atom stereocenters. The highest BCUT2D eigenvalue weighted by molar-refractivity contribution is 6.36. The Labute approximate surface area is 270 Å². The zero-order valence-electron chi connectivity index (χ0n) is 24.5. The number of fused-ring (bicyclic) bond motifs is 2. The number of aromatic hydroxyl groups is 2. The van der Waals surface area contributed by atoms with E-state index >= 15 is 0 Å². The highest BCUT2D eigenvalue weighted by Gasteiger charge is 2.41. The second-order valence-electron chi connectivity index (χ2n) is 10.7. The Bertz CT molecular complexity index is 2110. The number of pyridine rings is 1. The first-order chi connectivity index (χ1) is 23.1.